The molecule has 1 aliphatic rings. The Bertz CT molecular complexity index is 502. The number of halogens is 3. The van der Waals surface area contributed by atoms with Crippen molar-refractivity contribution in [2.45, 2.75) is 37.9 Å². The quantitative estimate of drug-likeness (QED) is 0.877. The second kappa shape index (κ2) is 7.66. The minimum absolute atomic E-state index is 0.0344. The molecular weight excluding hydrogens is 325 g/mol. The Labute approximate surface area is 138 Å². The number of amides is 1. The van der Waals surface area contributed by atoms with Gasteiger partial charge in [-0.15, -0.1) is 0 Å². The number of carbonyl (C=O) groups is 1. The lowest BCUT2D eigenvalue weighted by atomic mass is 9.80. The van der Waals surface area contributed by atoms with Gasteiger partial charge in [0.1, 0.15) is 0 Å². The Hall–Kier alpha value is -1.08. The van der Waals surface area contributed by atoms with Crippen LogP contribution in [0.15, 0.2) is 16.8 Å². The zero-order valence-corrected chi connectivity index (χ0v) is 14.2. The van der Waals surface area contributed by atoms with Crippen molar-refractivity contribution in [2.75, 3.05) is 20.6 Å². The average Bonchev–Trinajstić information content (AvgIpc) is 3.00. The summed E-state index contributed by atoms with van der Waals surface area (Å²) in [5.74, 6) is -2.12. The first-order valence-electron chi connectivity index (χ1n) is 7.82. The van der Waals surface area contributed by atoms with Gasteiger partial charge in [0.15, 0.2) is 0 Å². The van der Waals surface area contributed by atoms with Crippen molar-refractivity contribution in [1.29, 1.82) is 0 Å². The number of nitrogens with zero attached hydrogens (tertiary/aromatic N) is 1. The normalized spacial score (nSPS) is 23.7. The minimum Gasteiger partial charge on any atom is -0.354 e. The second-order valence-electron chi connectivity index (χ2n) is 6.38. The molecule has 1 amide bonds. The highest BCUT2D eigenvalue weighted by Gasteiger charge is 2.43. The van der Waals surface area contributed by atoms with Gasteiger partial charge in [-0.1, -0.05) is 6.42 Å². The summed E-state index contributed by atoms with van der Waals surface area (Å²) in [6.07, 6.45) is -3.13. The average molecular weight is 348 g/mol. The molecule has 3 nitrogen and oxygen atoms in total. The number of alkyl halides is 3. The highest BCUT2D eigenvalue weighted by Crippen LogP contribution is 2.40. The van der Waals surface area contributed by atoms with Gasteiger partial charge in [-0.3, -0.25) is 4.79 Å². The maximum atomic E-state index is 12.8. The standard InChI is InChI=1S/C16H23F3N2OS/c1-21(2)14(12-6-7-23-10-12)9-20-15(22)11-4-3-5-13(8-11)16(17,18)19/h6-7,10-11,13-14H,3-5,8-9H2,1-2H3,(H,20,22)/t11-,13+,14+/m0/s1. The summed E-state index contributed by atoms with van der Waals surface area (Å²) >= 11 is 1.59. The Morgan fingerprint density at radius 2 is 2.17 bits per heavy atom. The lowest BCUT2D eigenvalue weighted by Gasteiger charge is -2.30. The molecule has 1 saturated carbocycles. The zero-order chi connectivity index (χ0) is 17.0. The van der Waals surface area contributed by atoms with Gasteiger partial charge in [-0.05, 0) is 55.7 Å². The van der Waals surface area contributed by atoms with E-state index in [4.69, 9.17) is 0 Å². The second-order valence-corrected chi connectivity index (χ2v) is 7.16. The van der Waals surface area contributed by atoms with Gasteiger partial charge in [0, 0.05) is 12.5 Å². The third-order valence-electron chi connectivity index (χ3n) is 4.53. The topological polar surface area (TPSA) is 32.3 Å². The van der Waals surface area contributed by atoms with Gasteiger partial charge in [0.2, 0.25) is 5.91 Å². The third kappa shape index (κ3) is 4.94. The van der Waals surface area contributed by atoms with Gasteiger partial charge < -0.3 is 10.2 Å². The fourth-order valence-corrected chi connectivity index (χ4v) is 3.84. The molecule has 3 atom stereocenters. The SMILES string of the molecule is CN(C)[C@H](CNC(=O)[C@H]1CCC[C@@H](C(F)(F)F)C1)c1ccsc1. The maximum absolute atomic E-state index is 12.8. The molecule has 0 spiro atoms. The molecule has 0 aromatic carbocycles. The highest BCUT2D eigenvalue weighted by molar-refractivity contribution is 7.07. The molecule has 1 aliphatic carbocycles. The van der Waals surface area contributed by atoms with Crippen LogP contribution in [-0.2, 0) is 4.79 Å². The molecule has 0 radical (unpaired) electrons. The lowest BCUT2D eigenvalue weighted by Crippen LogP contribution is -2.40. The number of rotatable bonds is 5. The molecule has 23 heavy (non-hydrogen) atoms. The molecule has 130 valence electrons. The van der Waals surface area contributed by atoms with Gasteiger partial charge in [0.05, 0.1) is 12.0 Å². The number of carbonyl (C=O) groups excluding carboxylic acids is 1. The Kier molecular flexibility index (Phi) is 6.08. The highest BCUT2D eigenvalue weighted by atomic mass is 32.1. The largest absolute Gasteiger partial charge is 0.391 e. The smallest absolute Gasteiger partial charge is 0.354 e. The van der Waals surface area contributed by atoms with Gasteiger partial charge >= 0.3 is 6.18 Å². The third-order valence-corrected chi connectivity index (χ3v) is 5.23. The first-order chi connectivity index (χ1) is 10.8. The van der Waals surface area contributed by atoms with E-state index in [1.807, 2.05) is 35.8 Å². The van der Waals surface area contributed by atoms with Crippen molar-refractivity contribution in [3.05, 3.63) is 22.4 Å². The summed E-state index contributed by atoms with van der Waals surface area (Å²) in [7, 11) is 3.85. The monoisotopic (exact) mass is 348 g/mol. The van der Waals surface area contributed by atoms with Crippen molar-refractivity contribution in [2.24, 2.45) is 11.8 Å². The Balaban J connectivity index is 1.91. The van der Waals surface area contributed by atoms with E-state index in [2.05, 4.69) is 5.32 Å². The molecule has 2 rings (SSSR count). The van der Waals surface area contributed by atoms with E-state index in [0.29, 0.717) is 19.4 Å². The van der Waals surface area contributed by atoms with E-state index in [-0.39, 0.29) is 24.8 Å². The van der Waals surface area contributed by atoms with Crippen molar-refractivity contribution in [3.63, 3.8) is 0 Å². The molecule has 1 N–H and O–H groups in total. The summed E-state index contributed by atoms with van der Waals surface area (Å²) in [5, 5.41) is 6.85. The number of hydrogen-bond donors (Lipinski definition) is 1. The summed E-state index contributed by atoms with van der Waals surface area (Å²) in [6.45, 7) is 0.412. The summed E-state index contributed by atoms with van der Waals surface area (Å²) in [4.78, 5) is 14.3. The molecule has 0 bridgehead atoms. The fourth-order valence-electron chi connectivity index (χ4n) is 3.13. The molecule has 0 aliphatic heterocycles. The van der Waals surface area contributed by atoms with E-state index in [1.54, 1.807) is 11.3 Å². The van der Waals surface area contributed by atoms with Crippen molar-refractivity contribution in [3.8, 4) is 0 Å². The van der Waals surface area contributed by atoms with E-state index in [0.717, 1.165) is 5.56 Å². The van der Waals surface area contributed by atoms with Crippen molar-refractivity contribution in [1.82, 2.24) is 10.2 Å². The minimum atomic E-state index is -4.19. The van der Waals surface area contributed by atoms with E-state index < -0.39 is 18.0 Å². The lowest BCUT2D eigenvalue weighted by molar-refractivity contribution is -0.186. The van der Waals surface area contributed by atoms with E-state index >= 15 is 0 Å². The molecule has 1 heterocycles. The number of likely N-dealkylation sites (N-methyl/N-ethyl adjacent to an activating group) is 1. The van der Waals surface area contributed by atoms with Crippen LogP contribution in [0.4, 0.5) is 13.2 Å². The number of hydrogen-bond acceptors (Lipinski definition) is 3. The van der Waals surface area contributed by atoms with Crippen LogP contribution in [0.1, 0.15) is 37.3 Å². The molecule has 7 heteroatoms. The molecular formula is C16H23F3N2OS. The first-order valence-corrected chi connectivity index (χ1v) is 8.76. The molecule has 0 saturated heterocycles. The van der Waals surface area contributed by atoms with E-state index in [9.17, 15) is 18.0 Å². The first kappa shape index (κ1) is 18.3. The number of thiophene rings is 1. The summed E-state index contributed by atoms with van der Waals surface area (Å²) in [5.41, 5.74) is 1.11. The van der Waals surface area contributed by atoms with Crippen LogP contribution in [0.25, 0.3) is 0 Å². The molecule has 1 aromatic heterocycles. The van der Waals surface area contributed by atoms with Crippen LogP contribution < -0.4 is 5.32 Å². The predicted molar refractivity (Wildman–Crippen MR) is 85.3 cm³/mol. The summed E-state index contributed by atoms with van der Waals surface area (Å²) in [6, 6.07) is 2.04. The van der Waals surface area contributed by atoms with Crippen LogP contribution in [0.2, 0.25) is 0 Å². The van der Waals surface area contributed by atoms with Gasteiger partial charge in [-0.2, -0.15) is 24.5 Å². The Morgan fingerprint density at radius 1 is 1.43 bits per heavy atom. The van der Waals surface area contributed by atoms with Crippen LogP contribution in [0.3, 0.4) is 0 Å². The van der Waals surface area contributed by atoms with Crippen molar-refractivity contribution < 1.29 is 18.0 Å². The van der Waals surface area contributed by atoms with Crippen LogP contribution >= 0.6 is 11.3 Å². The fraction of sp³-hybridized carbons (Fsp3) is 0.688. The van der Waals surface area contributed by atoms with Crippen molar-refractivity contribution >= 4 is 17.2 Å². The molecule has 1 aromatic rings. The number of nitrogens with one attached hydrogen (secondary N) is 1. The maximum Gasteiger partial charge on any atom is 0.391 e. The van der Waals surface area contributed by atoms with Crippen LogP contribution in [0, 0.1) is 11.8 Å². The molecule has 1 fully saturated rings. The predicted octanol–water partition coefficient (Wildman–Crippen LogP) is 3.84. The summed E-state index contributed by atoms with van der Waals surface area (Å²) < 4.78 is 38.5. The van der Waals surface area contributed by atoms with Crippen LogP contribution in [-0.4, -0.2) is 37.6 Å². The Morgan fingerprint density at radius 3 is 2.74 bits per heavy atom. The van der Waals surface area contributed by atoms with Gasteiger partial charge in [-0.25, -0.2) is 0 Å². The zero-order valence-electron chi connectivity index (χ0n) is 13.4. The van der Waals surface area contributed by atoms with E-state index in [1.165, 1.54) is 0 Å². The van der Waals surface area contributed by atoms with Crippen LogP contribution in [0.5, 0.6) is 0 Å². The van der Waals surface area contributed by atoms with Gasteiger partial charge in [0.25, 0.3) is 0 Å². The molecule has 0 unspecified atom stereocenters.